The van der Waals surface area contributed by atoms with E-state index in [1.54, 1.807) is 41.5 Å². The smallest absolute Gasteiger partial charge is 0.358 e. The highest BCUT2D eigenvalue weighted by Crippen LogP contribution is 2.41. The molecular formula is C31H36FN5O10S2. The second kappa shape index (κ2) is 15.2. The Balaban J connectivity index is 1.51. The van der Waals surface area contributed by atoms with Crippen LogP contribution < -0.4 is 15.8 Å². The molecule has 1 fully saturated rings. The van der Waals surface area contributed by atoms with Gasteiger partial charge in [-0.25, -0.2) is 14.2 Å². The zero-order valence-corrected chi connectivity index (χ0v) is 29.2. The summed E-state index contributed by atoms with van der Waals surface area (Å²) in [6.07, 6.45) is 0. The number of hydrogen-bond acceptors (Lipinski definition) is 15. The molecular weight excluding hydrogens is 685 g/mol. The Bertz CT molecular complexity index is 1680. The van der Waals surface area contributed by atoms with Crippen molar-refractivity contribution in [2.75, 3.05) is 31.7 Å². The van der Waals surface area contributed by atoms with E-state index in [4.69, 9.17) is 29.5 Å². The van der Waals surface area contributed by atoms with Crippen molar-refractivity contribution in [2.45, 2.75) is 53.0 Å². The van der Waals surface area contributed by atoms with Crippen LogP contribution in [0.1, 0.15) is 47.2 Å². The second-order valence-corrected chi connectivity index (χ2v) is 14.7. The van der Waals surface area contributed by atoms with Gasteiger partial charge in [-0.15, -0.1) is 23.1 Å². The number of carbonyl (C=O) groups is 5. The molecule has 0 bridgehead atoms. The average Bonchev–Trinajstić information content (AvgIpc) is 3.46. The van der Waals surface area contributed by atoms with E-state index in [0.29, 0.717) is 5.57 Å². The van der Waals surface area contributed by atoms with Gasteiger partial charge in [-0.05, 0) is 53.7 Å². The monoisotopic (exact) mass is 721 g/mol. The molecule has 0 aliphatic carbocycles. The van der Waals surface area contributed by atoms with Gasteiger partial charge in [0.1, 0.15) is 41.0 Å². The number of thiazole rings is 1. The highest BCUT2D eigenvalue weighted by atomic mass is 32.2. The number of halogens is 1. The first-order valence-corrected chi connectivity index (χ1v) is 16.7. The van der Waals surface area contributed by atoms with Crippen molar-refractivity contribution in [3.05, 3.63) is 52.4 Å². The molecule has 2 atom stereocenters. The number of nitrogens with zero attached hydrogens (tertiary/aromatic N) is 3. The Kier molecular flexibility index (Phi) is 11.5. The predicted octanol–water partition coefficient (Wildman–Crippen LogP) is 2.95. The van der Waals surface area contributed by atoms with E-state index < -0.39 is 71.4 Å². The Morgan fingerprint density at radius 1 is 1.06 bits per heavy atom. The van der Waals surface area contributed by atoms with Crippen molar-refractivity contribution in [1.29, 1.82) is 0 Å². The van der Waals surface area contributed by atoms with Gasteiger partial charge in [-0.3, -0.25) is 24.1 Å². The van der Waals surface area contributed by atoms with E-state index >= 15 is 0 Å². The van der Waals surface area contributed by atoms with Gasteiger partial charge in [0.25, 0.3) is 18.6 Å². The van der Waals surface area contributed by atoms with Crippen molar-refractivity contribution >= 4 is 63.7 Å². The molecule has 15 nitrogen and oxygen atoms in total. The number of aromatic nitrogens is 1. The summed E-state index contributed by atoms with van der Waals surface area (Å²) in [5.74, 6) is -3.83. The quantitative estimate of drug-likeness (QED) is 0.0811. The zero-order valence-electron chi connectivity index (χ0n) is 27.6. The standard InChI is InChI=1S/C31H36FN5O10S2/c1-30(2,3)27(41)45-14-44-26(40)22-16(11-43-18-9-7-8-17(32)10-18)12-48-25-21(24(39)37(22)25)35-23(38)20(19-13-49-29(33)34-19)36-47-15-46-28(42)31(4,5)6/h7-10,13,21,25H,11-12,14-15H2,1-6H3,(H2,33,34)(H,35,38)/t21?,25-/m0/s1. The number of thioether (sulfide) groups is 1. The summed E-state index contributed by atoms with van der Waals surface area (Å²) in [5, 5.41) is 7.23. The molecule has 2 amide bonds. The van der Waals surface area contributed by atoms with Gasteiger partial charge in [0, 0.05) is 22.8 Å². The molecule has 4 rings (SSSR count). The number of β-lactam (4-membered cyclic amide) rings is 1. The Hall–Kier alpha value is -4.71. The number of anilines is 1. The SMILES string of the molecule is CC(C)(C)C(=O)OCON=C(C(=O)NC1C(=O)N2C(C(=O)OCOC(=O)C(C)(C)C)=C(COc3cccc(F)c3)CS[C@@H]12)c1csc(N)n1. The van der Waals surface area contributed by atoms with Gasteiger partial charge in [-0.1, -0.05) is 11.2 Å². The number of esters is 3. The van der Waals surface area contributed by atoms with Crippen LogP contribution >= 0.6 is 23.1 Å². The molecule has 0 radical (unpaired) electrons. The first kappa shape index (κ1) is 37.1. The number of carbonyl (C=O) groups excluding carboxylic acids is 5. The molecule has 3 heterocycles. The fourth-order valence-electron chi connectivity index (χ4n) is 4.13. The van der Waals surface area contributed by atoms with Crippen LogP contribution in [-0.4, -0.2) is 82.7 Å². The van der Waals surface area contributed by atoms with Crippen molar-refractivity contribution in [1.82, 2.24) is 15.2 Å². The molecule has 1 aromatic carbocycles. The number of fused-ring (bicyclic) bond motifs is 1. The first-order valence-electron chi connectivity index (χ1n) is 14.8. The van der Waals surface area contributed by atoms with Crippen LogP contribution in [0, 0.1) is 16.6 Å². The van der Waals surface area contributed by atoms with Crippen LogP contribution in [0.3, 0.4) is 0 Å². The lowest BCUT2D eigenvalue weighted by Crippen LogP contribution is -2.71. The summed E-state index contributed by atoms with van der Waals surface area (Å²) in [7, 11) is 0. The van der Waals surface area contributed by atoms with E-state index in [9.17, 15) is 28.4 Å². The fourth-order valence-corrected chi connectivity index (χ4v) is 6.00. The van der Waals surface area contributed by atoms with E-state index in [1.165, 1.54) is 35.3 Å². The van der Waals surface area contributed by atoms with Gasteiger partial charge < -0.3 is 34.8 Å². The summed E-state index contributed by atoms with van der Waals surface area (Å²) in [4.78, 5) is 74.8. The third-order valence-corrected chi connectivity index (χ3v) is 8.73. The van der Waals surface area contributed by atoms with Crippen LogP contribution in [0.4, 0.5) is 9.52 Å². The number of nitrogens with one attached hydrogen (secondary N) is 1. The number of nitrogen functional groups attached to an aromatic ring is 1. The minimum absolute atomic E-state index is 0.0489. The Morgan fingerprint density at radius 3 is 2.35 bits per heavy atom. The van der Waals surface area contributed by atoms with E-state index in [1.807, 2.05) is 0 Å². The topological polar surface area (TPSA) is 198 Å². The number of hydrogen-bond donors (Lipinski definition) is 2. The summed E-state index contributed by atoms with van der Waals surface area (Å²) >= 11 is 2.26. The third kappa shape index (κ3) is 9.26. The van der Waals surface area contributed by atoms with E-state index in [0.717, 1.165) is 22.3 Å². The predicted molar refractivity (Wildman–Crippen MR) is 175 cm³/mol. The average molecular weight is 722 g/mol. The van der Waals surface area contributed by atoms with Crippen molar-refractivity contribution in [3.63, 3.8) is 0 Å². The highest BCUT2D eigenvalue weighted by Gasteiger charge is 2.55. The molecule has 2 aromatic rings. The summed E-state index contributed by atoms with van der Waals surface area (Å²) in [5.41, 5.74) is 3.99. The van der Waals surface area contributed by atoms with Gasteiger partial charge in [0.2, 0.25) is 6.79 Å². The van der Waals surface area contributed by atoms with Gasteiger partial charge in [0.15, 0.2) is 10.8 Å². The second-order valence-electron chi connectivity index (χ2n) is 12.7. The van der Waals surface area contributed by atoms with Gasteiger partial charge in [0.05, 0.1) is 10.8 Å². The van der Waals surface area contributed by atoms with E-state index in [2.05, 4.69) is 15.5 Å². The Labute approximate surface area is 289 Å². The van der Waals surface area contributed by atoms with Crippen LogP contribution in [0.25, 0.3) is 0 Å². The molecule has 49 heavy (non-hydrogen) atoms. The number of benzene rings is 1. The van der Waals surface area contributed by atoms with Crippen molar-refractivity contribution in [3.8, 4) is 5.75 Å². The molecule has 3 N–H and O–H groups in total. The molecule has 18 heteroatoms. The molecule has 264 valence electrons. The van der Waals surface area contributed by atoms with Crippen molar-refractivity contribution in [2.24, 2.45) is 16.0 Å². The number of oxime groups is 1. The third-order valence-electron chi connectivity index (χ3n) is 6.72. The largest absolute Gasteiger partial charge is 0.489 e. The molecule has 1 aromatic heterocycles. The first-order chi connectivity index (χ1) is 23.0. The van der Waals surface area contributed by atoms with Crippen LogP contribution in [0.2, 0.25) is 0 Å². The van der Waals surface area contributed by atoms with E-state index in [-0.39, 0.29) is 40.3 Å². The number of nitrogens with two attached hydrogens (primary N) is 1. The minimum Gasteiger partial charge on any atom is -0.489 e. The van der Waals surface area contributed by atoms with Crippen LogP contribution in [0.15, 0.2) is 46.1 Å². The fraction of sp³-hybridized carbons (Fsp3) is 0.452. The lowest BCUT2D eigenvalue weighted by Gasteiger charge is -2.49. The summed E-state index contributed by atoms with van der Waals surface area (Å²) in [6, 6.07) is 4.27. The maximum atomic E-state index is 13.7. The molecule has 0 saturated carbocycles. The van der Waals surface area contributed by atoms with Crippen LogP contribution in [-0.2, 0) is 43.0 Å². The molecule has 2 aliphatic heterocycles. The number of ether oxygens (including phenoxy) is 4. The maximum Gasteiger partial charge on any atom is 0.358 e. The zero-order chi connectivity index (χ0) is 36.1. The van der Waals surface area contributed by atoms with Gasteiger partial charge >= 0.3 is 17.9 Å². The van der Waals surface area contributed by atoms with Crippen LogP contribution in [0.5, 0.6) is 5.75 Å². The molecule has 1 unspecified atom stereocenters. The highest BCUT2D eigenvalue weighted by molar-refractivity contribution is 8.00. The summed E-state index contributed by atoms with van der Waals surface area (Å²) < 4.78 is 34.7. The van der Waals surface area contributed by atoms with Gasteiger partial charge in [-0.2, -0.15) is 0 Å². The minimum atomic E-state index is -1.12. The summed E-state index contributed by atoms with van der Waals surface area (Å²) in [6.45, 7) is 8.35. The molecule has 2 aliphatic rings. The molecule has 0 spiro atoms. The normalized spacial score (nSPS) is 17.8. The number of amides is 2. The lowest BCUT2D eigenvalue weighted by atomic mass is 9.97. The molecule has 1 saturated heterocycles. The number of rotatable bonds is 12. The maximum absolute atomic E-state index is 13.7. The van der Waals surface area contributed by atoms with Crippen molar-refractivity contribution < 1.29 is 52.1 Å². The lowest BCUT2D eigenvalue weighted by molar-refractivity contribution is -0.173. The Morgan fingerprint density at radius 2 is 1.73 bits per heavy atom.